The molecule has 1 N–H and O–H groups in total. The third-order valence-corrected chi connectivity index (χ3v) is 3.36. The van der Waals surface area contributed by atoms with Crippen LogP contribution in [0.2, 0.25) is 5.02 Å². The molecule has 2 nitrogen and oxygen atoms in total. The van der Waals surface area contributed by atoms with Crippen LogP contribution in [0.1, 0.15) is 10.4 Å². The van der Waals surface area contributed by atoms with Gasteiger partial charge in [0.25, 0.3) is 0 Å². The van der Waals surface area contributed by atoms with E-state index >= 15 is 0 Å². The van der Waals surface area contributed by atoms with Crippen LogP contribution in [0.5, 0.6) is 0 Å². The summed E-state index contributed by atoms with van der Waals surface area (Å²) in [5, 5.41) is 14.7. The zero-order chi connectivity index (χ0) is 11.4. The Balaban J connectivity index is 2.02. The van der Waals surface area contributed by atoms with Crippen molar-refractivity contribution in [2.45, 2.75) is 6.54 Å². The highest BCUT2D eigenvalue weighted by Crippen LogP contribution is 2.20. The van der Waals surface area contributed by atoms with Crippen LogP contribution in [0.3, 0.4) is 0 Å². The molecule has 80 valence electrons. The largest absolute Gasteiger partial charge is 0.380 e. The van der Waals surface area contributed by atoms with Gasteiger partial charge in [0.05, 0.1) is 16.7 Å². The van der Waals surface area contributed by atoms with Gasteiger partial charge in [0.15, 0.2) is 0 Å². The molecular weight excluding hydrogens is 240 g/mol. The highest BCUT2D eigenvalue weighted by atomic mass is 35.5. The van der Waals surface area contributed by atoms with Crippen molar-refractivity contribution in [3.8, 4) is 6.07 Å². The molecule has 1 aromatic heterocycles. The van der Waals surface area contributed by atoms with Gasteiger partial charge in [-0.25, -0.2) is 0 Å². The van der Waals surface area contributed by atoms with Gasteiger partial charge in [0, 0.05) is 22.5 Å². The topological polar surface area (TPSA) is 35.8 Å². The molecule has 0 spiro atoms. The molecule has 0 atom stereocenters. The van der Waals surface area contributed by atoms with Gasteiger partial charge in [-0.05, 0) is 24.3 Å². The minimum absolute atomic E-state index is 0.661. The maximum atomic E-state index is 8.76. The maximum Gasteiger partial charge on any atom is 0.0992 e. The van der Waals surface area contributed by atoms with Crippen molar-refractivity contribution in [3.05, 3.63) is 51.2 Å². The summed E-state index contributed by atoms with van der Waals surface area (Å²) in [6.07, 6.45) is 0. The van der Waals surface area contributed by atoms with Crippen molar-refractivity contribution in [1.29, 1.82) is 5.26 Å². The Labute approximate surface area is 103 Å². The first-order valence-corrected chi connectivity index (χ1v) is 6.00. The number of nitrogens with zero attached hydrogens (tertiary/aromatic N) is 1. The molecule has 0 fully saturated rings. The van der Waals surface area contributed by atoms with E-state index in [1.54, 1.807) is 17.4 Å². The molecule has 16 heavy (non-hydrogen) atoms. The van der Waals surface area contributed by atoms with Crippen molar-refractivity contribution in [2.24, 2.45) is 0 Å². The van der Waals surface area contributed by atoms with Gasteiger partial charge in [0.1, 0.15) is 0 Å². The van der Waals surface area contributed by atoms with E-state index in [1.165, 1.54) is 4.88 Å². The standard InChI is InChI=1S/C12H9ClN2S/c13-10-5-12(16-8-10)7-15-11-3-1-2-9(4-11)6-14/h1-5,8,15H,7H2. The van der Waals surface area contributed by atoms with E-state index < -0.39 is 0 Å². The van der Waals surface area contributed by atoms with Crippen LogP contribution in [-0.2, 0) is 6.54 Å². The Kier molecular flexibility index (Phi) is 3.45. The highest BCUT2D eigenvalue weighted by Gasteiger charge is 1.98. The number of hydrogen-bond acceptors (Lipinski definition) is 3. The van der Waals surface area contributed by atoms with E-state index in [4.69, 9.17) is 16.9 Å². The first kappa shape index (κ1) is 11.0. The van der Waals surface area contributed by atoms with Crippen LogP contribution >= 0.6 is 22.9 Å². The second-order valence-corrected chi connectivity index (χ2v) is 4.71. The number of nitrogens with one attached hydrogen (secondary N) is 1. The second kappa shape index (κ2) is 5.02. The van der Waals surface area contributed by atoms with Crippen molar-refractivity contribution in [2.75, 3.05) is 5.32 Å². The van der Waals surface area contributed by atoms with Crippen LogP contribution < -0.4 is 5.32 Å². The summed E-state index contributed by atoms with van der Waals surface area (Å²) in [5.74, 6) is 0. The summed E-state index contributed by atoms with van der Waals surface area (Å²) in [6.45, 7) is 0.728. The SMILES string of the molecule is N#Cc1cccc(NCc2cc(Cl)cs2)c1. The fourth-order valence-corrected chi connectivity index (χ4v) is 2.35. The zero-order valence-electron chi connectivity index (χ0n) is 8.40. The van der Waals surface area contributed by atoms with E-state index in [1.807, 2.05) is 29.6 Å². The molecule has 4 heteroatoms. The van der Waals surface area contributed by atoms with Gasteiger partial charge in [-0.1, -0.05) is 17.7 Å². The number of anilines is 1. The third-order valence-electron chi connectivity index (χ3n) is 2.08. The van der Waals surface area contributed by atoms with Crippen molar-refractivity contribution >= 4 is 28.6 Å². The average Bonchev–Trinajstić information content (AvgIpc) is 2.73. The number of nitriles is 1. The van der Waals surface area contributed by atoms with E-state index in [2.05, 4.69) is 11.4 Å². The monoisotopic (exact) mass is 248 g/mol. The van der Waals surface area contributed by atoms with Gasteiger partial charge in [-0.15, -0.1) is 11.3 Å². The van der Waals surface area contributed by atoms with Gasteiger partial charge < -0.3 is 5.32 Å². The van der Waals surface area contributed by atoms with E-state index in [0.29, 0.717) is 5.56 Å². The lowest BCUT2D eigenvalue weighted by Crippen LogP contribution is -1.97. The molecular formula is C12H9ClN2S. The molecule has 0 aliphatic heterocycles. The first-order valence-electron chi connectivity index (χ1n) is 4.75. The number of hydrogen-bond donors (Lipinski definition) is 1. The first-order chi connectivity index (χ1) is 7.78. The zero-order valence-corrected chi connectivity index (χ0v) is 9.98. The third kappa shape index (κ3) is 2.75. The number of rotatable bonds is 3. The van der Waals surface area contributed by atoms with Crippen LogP contribution in [-0.4, -0.2) is 0 Å². The molecule has 2 rings (SSSR count). The van der Waals surface area contributed by atoms with Crippen LogP contribution in [0, 0.1) is 11.3 Å². The molecule has 0 bridgehead atoms. The smallest absolute Gasteiger partial charge is 0.0992 e. The molecule has 0 amide bonds. The normalized spacial score (nSPS) is 9.75. The molecule has 0 saturated carbocycles. The maximum absolute atomic E-state index is 8.76. The van der Waals surface area contributed by atoms with Crippen LogP contribution in [0.15, 0.2) is 35.7 Å². The molecule has 1 heterocycles. The van der Waals surface area contributed by atoms with Crippen LogP contribution in [0.25, 0.3) is 0 Å². The van der Waals surface area contributed by atoms with Gasteiger partial charge in [0.2, 0.25) is 0 Å². The van der Waals surface area contributed by atoms with Gasteiger partial charge in [-0.2, -0.15) is 5.26 Å². The average molecular weight is 249 g/mol. The summed E-state index contributed by atoms with van der Waals surface area (Å²) in [5.41, 5.74) is 1.61. The minimum atomic E-state index is 0.661. The predicted molar refractivity (Wildman–Crippen MR) is 67.8 cm³/mol. The Morgan fingerprint density at radius 1 is 1.38 bits per heavy atom. The summed E-state index contributed by atoms with van der Waals surface area (Å²) in [6, 6.07) is 11.5. The predicted octanol–water partition coefficient (Wildman–Crippen LogP) is 3.89. The lowest BCUT2D eigenvalue weighted by Gasteiger charge is -2.04. The Hall–Kier alpha value is -1.50. The van der Waals surface area contributed by atoms with Crippen molar-refractivity contribution in [3.63, 3.8) is 0 Å². The Bertz CT molecular complexity index is 528. The van der Waals surface area contributed by atoms with Gasteiger partial charge in [-0.3, -0.25) is 0 Å². The summed E-state index contributed by atoms with van der Waals surface area (Å²) in [4.78, 5) is 1.17. The highest BCUT2D eigenvalue weighted by molar-refractivity contribution is 7.10. The molecule has 0 aliphatic carbocycles. The molecule has 0 aliphatic rings. The minimum Gasteiger partial charge on any atom is -0.380 e. The molecule has 2 aromatic rings. The van der Waals surface area contributed by atoms with E-state index in [0.717, 1.165) is 17.3 Å². The summed E-state index contributed by atoms with van der Waals surface area (Å²) >= 11 is 7.45. The quantitative estimate of drug-likeness (QED) is 0.895. The van der Waals surface area contributed by atoms with Crippen molar-refractivity contribution < 1.29 is 0 Å². The molecule has 0 unspecified atom stereocenters. The Morgan fingerprint density at radius 3 is 2.94 bits per heavy atom. The van der Waals surface area contributed by atoms with Gasteiger partial charge >= 0.3 is 0 Å². The second-order valence-electron chi connectivity index (χ2n) is 3.28. The summed E-state index contributed by atoms with van der Waals surface area (Å²) in [7, 11) is 0. The Morgan fingerprint density at radius 2 is 2.25 bits per heavy atom. The fraction of sp³-hybridized carbons (Fsp3) is 0.0833. The lowest BCUT2D eigenvalue weighted by atomic mass is 10.2. The fourth-order valence-electron chi connectivity index (χ4n) is 1.33. The lowest BCUT2D eigenvalue weighted by molar-refractivity contribution is 1.19. The molecule has 0 saturated heterocycles. The number of halogens is 1. The van der Waals surface area contributed by atoms with E-state index in [-0.39, 0.29) is 0 Å². The number of thiophene rings is 1. The molecule has 0 radical (unpaired) electrons. The van der Waals surface area contributed by atoms with Crippen molar-refractivity contribution in [1.82, 2.24) is 0 Å². The van der Waals surface area contributed by atoms with E-state index in [9.17, 15) is 0 Å². The number of benzene rings is 1. The summed E-state index contributed by atoms with van der Waals surface area (Å²) < 4.78 is 0. The molecule has 1 aromatic carbocycles. The van der Waals surface area contributed by atoms with Crippen LogP contribution in [0.4, 0.5) is 5.69 Å².